The second-order valence-corrected chi connectivity index (χ2v) is 6.12. The van der Waals surface area contributed by atoms with Crippen LogP contribution in [-0.2, 0) is 9.59 Å². The Bertz CT molecular complexity index is 460. The van der Waals surface area contributed by atoms with Crippen LogP contribution in [0.1, 0.15) is 39.5 Å². The van der Waals surface area contributed by atoms with Gasteiger partial charge in [0, 0.05) is 12.6 Å². The number of hydrogen-bond donors (Lipinski definition) is 1. The van der Waals surface area contributed by atoms with E-state index in [1.807, 2.05) is 4.90 Å². The normalized spacial score (nSPS) is 33.7. The monoisotopic (exact) mass is 265 g/mol. The molecule has 6 nitrogen and oxygen atoms in total. The third kappa shape index (κ3) is 1.65. The Labute approximate surface area is 112 Å². The van der Waals surface area contributed by atoms with Gasteiger partial charge < -0.3 is 4.90 Å². The number of carbonyl (C=O) groups excluding carboxylic acids is 3. The molecule has 2 atom stereocenters. The molecule has 3 aliphatic heterocycles. The van der Waals surface area contributed by atoms with Gasteiger partial charge in [-0.05, 0) is 39.5 Å². The third-order valence-electron chi connectivity index (χ3n) is 4.60. The highest BCUT2D eigenvalue weighted by Crippen LogP contribution is 2.35. The molecule has 0 aromatic rings. The molecule has 19 heavy (non-hydrogen) atoms. The number of urea groups is 1. The van der Waals surface area contributed by atoms with Crippen molar-refractivity contribution < 1.29 is 14.4 Å². The smallest absolute Gasteiger partial charge is 0.325 e. The number of hydrogen-bond acceptors (Lipinski definition) is 3. The summed E-state index contributed by atoms with van der Waals surface area (Å²) in [7, 11) is 0. The molecule has 3 saturated heterocycles. The van der Waals surface area contributed by atoms with Crippen LogP contribution in [0.5, 0.6) is 0 Å². The zero-order chi connectivity index (χ0) is 13.8. The number of fused-ring (bicyclic) bond motifs is 1. The Morgan fingerprint density at radius 1 is 1.21 bits per heavy atom. The van der Waals surface area contributed by atoms with Gasteiger partial charge in [0.1, 0.15) is 11.6 Å². The Morgan fingerprint density at radius 3 is 2.53 bits per heavy atom. The summed E-state index contributed by atoms with van der Waals surface area (Å²) in [6.07, 6.45) is 3.83. The van der Waals surface area contributed by atoms with Crippen molar-refractivity contribution in [1.29, 1.82) is 0 Å². The molecule has 0 bridgehead atoms. The highest BCUT2D eigenvalue weighted by Gasteiger charge is 2.54. The molecule has 3 heterocycles. The first-order valence-electron chi connectivity index (χ1n) is 6.88. The molecule has 0 aromatic heterocycles. The van der Waals surface area contributed by atoms with E-state index in [4.69, 9.17) is 0 Å². The van der Waals surface area contributed by atoms with Gasteiger partial charge in [-0.15, -0.1) is 0 Å². The summed E-state index contributed by atoms with van der Waals surface area (Å²) in [5.41, 5.74) is -0.938. The fourth-order valence-electron chi connectivity index (χ4n) is 3.51. The van der Waals surface area contributed by atoms with Crippen molar-refractivity contribution in [2.45, 2.75) is 57.2 Å². The van der Waals surface area contributed by atoms with E-state index < -0.39 is 17.6 Å². The van der Waals surface area contributed by atoms with Crippen molar-refractivity contribution in [3.05, 3.63) is 0 Å². The molecule has 3 fully saturated rings. The maximum Gasteiger partial charge on any atom is 0.325 e. The standard InChI is InChI=1S/C13H19N3O3/c1-13(2)11(18)14-12(19)16(13)9-7-8-5-3-4-6-15(8)10(9)17/h8-9H,3-7H2,1-2H3,(H,14,18,19). The highest BCUT2D eigenvalue weighted by atomic mass is 16.2. The zero-order valence-electron chi connectivity index (χ0n) is 11.3. The van der Waals surface area contributed by atoms with Crippen molar-refractivity contribution in [3.63, 3.8) is 0 Å². The lowest BCUT2D eigenvalue weighted by Crippen LogP contribution is -2.53. The fraction of sp³-hybridized carbons (Fsp3) is 0.769. The summed E-state index contributed by atoms with van der Waals surface area (Å²) in [6, 6.07) is -0.678. The molecular weight excluding hydrogens is 246 g/mol. The molecule has 0 radical (unpaired) electrons. The summed E-state index contributed by atoms with van der Waals surface area (Å²) in [5, 5.41) is 2.31. The summed E-state index contributed by atoms with van der Waals surface area (Å²) in [5.74, 6) is -0.321. The highest BCUT2D eigenvalue weighted by molar-refractivity contribution is 6.08. The lowest BCUT2D eigenvalue weighted by molar-refractivity contribution is -0.135. The number of imide groups is 1. The average molecular weight is 265 g/mol. The number of carbonyl (C=O) groups is 3. The van der Waals surface area contributed by atoms with Crippen molar-refractivity contribution in [3.8, 4) is 0 Å². The molecule has 0 aliphatic carbocycles. The van der Waals surface area contributed by atoms with Crippen LogP contribution in [0.2, 0.25) is 0 Å². The summed E-state index contributed by atoms with van der Waals surface area (Å²) in [6.45, 7) is 4.17. The first-order chi connectivity index (χ1) is 8.93. The number of nitrogens with one attached hydrogen (secondary N) is 1. The molecular formula is C13H19N3O3. The van der Waals surface area contributed by atoms with Crippen LogP contribution in [0.15, 0.2) is 0 Å². The van der Waals surface area contributed by atoms with Gasteiger partial charge in [0.05, 0.1) is 0 Å². The van der Waals surface area contributed by atoms with Gasteiger partial charge in [-0.1, -0.05) is 0 Å². The Hall–Kier alpha value is -1.59. The van der Waals surface area contributed by atoms with E-state index >= 15 is 0 Å². The van der Waals surface area contributed by atoms with E-state index in [0.717, 1.165) is 25.8 Å². The molecule has 0 spiro atoms. The van der Waals surface area contributed by atoms with Crippen molar-refractivity contribution >= 4 is 17.8 Å². The SMILES string of the molecule is CC1(C)C(=O)NC(=O)N1C1CC2CCCCN2C1=O. The van der Waals surface area contributed by atoms with Crippen LogP contribution in [-0.4, -0.2) is 51.8 Å². The minimum atomic E-state index is -0.938. The van der Waals surface area contributed by atoms with Gasteiger partial charge in [0.25, 0.3) is 5.91 Å². The van der Waals surface area contributed by atoms with Crippen molar-refractivity contribution in [2.24, 2.45) is 0 Å². The molecule has 4 amide bonds. The van der Waals surface area contributed by atoms with Crippen LogP contribution >= 0.6 is 0 Å². The molecule has 3 aliphatic rings. The largest absolute Gasteiger partial charge is 0.338 e. The van der Waals surface area contributed by atoms with Crippen LogP contribution in [0, 0.1) is 0 Å². The van der Waals surface area contributed by atoms with Crippen molar-refractivity contribution in [1.82, 2.24) is 15.1 Å². The zero-order valence-corrected chi connectivity index (χ0v) is 11.3. The average Bonchev–Trinajstić information content (AvgIpc) is 2.76. The molecule has 6 heteroatoms. The second-order valence-electron chi connectivity index (χ2n) is 6.12. The van der Waals surface area contributed by atoms with Gasteiger partial charge in [0.15, 0.2) is 0 Å². The Balaban J connectivity index is 1.88. The molecule has 104 valence electrons. The van der Waals surface area contributed by atoms with E-state index in [9.17, 15) is 14.4 Å². The number of rotatable bonds is 1. The Kier molecular flexibility index (Phi) is 2.59. The minimum Gasteiger partial charge on any atom is -0.338 e. The van der Waals surface area contributed by atoms with E-state index in [0.29, 0.717) is 6.42 Å². The molecule has 1 N–H and O–H groups in total. The number of nitrogens with zero attached hydrogens (tertiary/aromatic N) is 2. The number of amides is 4. The molecule has 3 rings (SSSR count). The molecule has 0 aromatic carbocycles. The molecule has 0 saturated carbocycles. The third-order valence-corrected chi connectivity index (χ3v) is 4.60. The summed E-state index contributed by atoms with van der Waals surface area (Å²) >= 11 is 0. The first kappa shape index (κ1) is 12.4. The second kappa shape index (κ2) is 3.95. The minimum absolute atomic E-state index is 0.00243. The maximum atomic E-state index is 12.5. The van der Waals surface area contributed by atoms with Gasteiger partial charge in [-0.25, -0.2) is 4.79 Å². The maximum absolute atomic E-state index is 12.5. The number of piperidine rings is 1. The summed E-state index contributed by atoms with van der Waals surface area (Å²) in [4.78, 5) is 39.5. The Morgan fingerprint density at radius 2 is 1.95 bits per heavy atom. The van der Waals surface area contributed by atoms with Crippen molar-refractivity contribution in [2.75, 3.05) is 6.54 Å². The quantitative estimate of drug-likeness (QED) is 0.701. The van der Waals surface area contributed by atoms with E-state index in [2.05, 4.69) is 5.32 Å². The van der Waals surface area contributed by atoms with E-state index in [-0.39, 0.29) is 17.9 Å². The predicted octanol–water partition coefficient (Wildman–Crippen LogP) is 0.470. The van der Waals surface area contributed by atoms with E-state index in [1.54, 1.807) is 13.8 Å². The predicted molar refractivity (Wildman–Crippen MR) is 67.2 cm³/mol. The van der Waals surface area contributed by atoms with Gasteiger partial charge in [0.2, 0.25) is 5.91 Å². The lowest BCUT2D eigenvalue weighted by Gasteiger charge is -2.32. The fourth-order valence-corrected chi connectivity index (χ4v) is 3.51. The van der Waals surface area contributed by atoms with E-state index in [1.165, 1.54) is 4.90 Å². The lowest BCUT2D eigenvalue weighted by atomic mass is 9.98. The van der Waals surface area contributed by atoms with Crippen LogP contribution in [0.25, 0.3) is 0 Å². The molecule has 2 unspecified atom stereocenters. The topological polar surface area (TPSA) is 69.7 Å². The van der Waals surface area contributed by atoms with Crippen LogP contribution in [0.4, 0.5) is 4.79 Å². The van der Waals surface area contributed by atoms with Crippen LogP contribution < -0.4 is 5.32 Å². The van der Waals surface area contributed by atoms with Gasteiger partial charge in [-0.3, -0.25) is 19.8 Å². The van der Waals surface area contributed by atoms with Gasteiger partial charge >= 0.3 is 6.03 Å². The summed E-state index contributed by atoms with van der Waals surface area (Å²) < 4.78 is 0. The van der Waals surface area contributed by atoms with Crippen LogP contribution in [0.3, 0.4) is 0 Å². The van der Waals surface area contributed by atoms with Gasteiger partial charge in [-0.2, -0.15) is 0 Å². The first-order valence-corrected chi connectivity index (χ1v) is 6.88.